The molecule has 1 N–H and O–H groups in total. The number of amides is 1. The second-order valence-electron chi connectivity index (χ2n) is 4.32. The van der Waals surface area contributed by atoms with E-state index in [2.05, 4.69) is 0 Å². The number of hydrogen-bond acceptors (Lipinski definition) is 5. The van der Waals surface area contributed by atoms with Gasteiger partial charge in [0.05, 0.1) is 42.2 Å². The second kappa shape index (κ2) is 5.82. The number of carboxylic acids is 1. The number of aliphatic hydroxyl groups excluding tert-OH is 1. The van der Waals surface area contributed by atoms with Gasteiger partial charge < -0.3 is 19.9 Å². The molecule has 0 saturated carbocycles. The SMILES string of the molecule is C[C@@H](O)[C@H]1C(=O)N2C(C(=O)[O-])=C(CC#N)C[C@H]12.[K+]. The van der Waals surface area contributed by atoms with E-state index in [1.54, 1.807) is 0 Å². The second-order valence-corrected chi connectivity index (χ2v) is 4.32. The number of fused-ring (bicyclic) bond motifs is 1. The summed E-state index contributed by atoms with van der Waals surface area (Å²) in [6, 6.07) is 1.54. The number of carboxylic acid groups (broad SMARTS) is 1. The van der Waals surface area contributed by atoms with Gasteiger partial charge in [-0.1, -0.05) is 0 Å². The number of aliphatic hydroxyl groups is 1. The number of β-lactam (4-membered cyclic amide) rings is 1. The van der Waals surface area contributed by atoms with Crippen molar-refractivity contribution < 1.29 is 71.2 Å². The van der Waals surface area contributed by atoms with E-state index in [9.17, 15) is 19.8 Å². The van der Waals surface area contributed by atoms with E-state index >= 15 is 0 Å². The van der Waals surface area contributed by atoms with E-state index in [-0.39, 0.29) is 69.5 Å². The molecule has 1 fully saturated rings. The molecule has 2 rings (SSSR count). The van der Waals surface area contributed by atoms with Gasteiger partial charge in [-0.25, -0.2) is 0 Å². The molecular formula is C11H11KN2O4. The van der Waals surface area contributed by atoms with Crippen molar-refractivity contribution in [3.8, 4) is 6.07 Å². The fourth-order valence-electron chi connectivity index (χ4n) is 2.60. The maximum Gasteiger partial charge on any atom is 1.00 e. The van der Waals surface area contributed by atoms with Gasteiger partial charge >= 0.3 is 51.4 Å². The predicted molar refractivity (Wildman–Crippen MR) is 52.7 cm³/mol. The first-order valence-electron chi connectivity index (χ1n) is 5.30. The van der Waals surface area contributed by atoms with Crippen LogP contribution in [0.3, 0.4) is 0 Å². The van der Waals surface area contributed by atoms with Crippen molar-refractivity contribution in [2.75, 3.05) is 0 Å². The minimum Gasteiger partial charge on any atom is -0.543 e. The number of nitriles is 1. The number of carbonyl (C=O) groups excluding carboxylic acids is 2. The largest absolute Gasteiger partial charge is 1.00 e. The molecule has 0 aromatic carbocycles. The summed E-state index contributed by atoms with van der Waals surface area (Å²) in [7, 11) is 0. The first-order valence-corrected chi connectivity index (χ1v) is 5.30. The maximum atomic E-state index is 11.7. The molecule has 0 aromatic heterocycles. The molecule has 0 aromatic rings. The third kappa shape index (κ3) is 2.29. The van der Waals surface area contributed by atoms with E-state index in [0.29, 0.717) is 12.0 Å². The predicted octanol–water partition coefficient (Wildman–Crippen LogP) is -4.48. The van der Waals surface area contributed by atoms with Gasteiger partial charge in [0.1, 0.15) is 0 Å². The van der Waals surface area contributed by atoms with Crippen molar-refractivity contribution in [1.82, 2.24) is 4.90 Å². The zero-order valence-corrected chi connectivity index (χ0v) is 13.3. The molecule has 2 heterocycles. The summed E-state index contributed by atoms with van der Waals surface area (Å²) >= 11 is 0. The molecule has 6 nitrogen and oxygen atoms in total. The number of aliphatic carboxylic acids is 1. The van der Waals surface area contributed by atoms with Crippen LogP contribution in [0.4, 0.5) is 0 Å². The number of carbonyl (C=O) groups is 2. The van der Waals surface area contributed by atoms with Crippen LogP contribution >= 0.6 is 0 Å². The van der Waals surface area contributed by atoms with Crippen molar-refractivity contribution in [2.45, 2.75) is 31.9 Å². The van der Waals surface area contributed by atoms with Crippen molar-refractivity contribution >= 4 is 11.9 Å². The Labute approximate surface area is 147 Å². The Morgan fingerprint density at radius 1 is 1.72 bits per heavy atom. The van der Waals surface area contributed by atoms with Gasteiger partial charge in [-0.3, -0.25) is 4.79 Å². The summed E-state index contributed by atoms with van der Waals surface area (Å²) in [5.41, 5.74) is 0.229. The smallest absolute Gasteiger partial charge is 0.543 e. The summed E-state index contributed by atoms with van der Waals surface area (Å²) in [6.07, 6.45) is -0.512. The summed E-state index contributed by atoms with van der Waals surface area (Å²) in [5, 5.41) is 29.0. The Bertz CT molecular complexity index is 466. The standard InChI is InChI=1S/C11H12N2O4.K/c1-5(14)8-7-4-6(2-3-12)9(11(16)17)13(7)10(8)15;/h5,7-8,14H,2,4H2,1H3,(H,16,17);/q;+1/p-1/t5-,7-,8-;/m1./s1. The molecule has 7 heteroatoms. The van der Waals surface area contributed by atoms with Gasteiger partial charge in [0.25, 0.3) is 0 Å². The third-order valence-corrected chi connectivity index (χ3v) is 3.31. The average molecular weight is 274 g/mol. The molecule has 1 saturated heterocycles. The van der Waals surface area contributed by atoms with Gasteiger partial charge in [0.15, 0.2) is 0 Å². The van der Waals surface area contributed by atoms with Crippen LogP contribution in [-0.4, -0.2) is 34.0 Å². The summed E-state index contributed by atoms with van der Waals surface area (Å²) in [5.74, 6) is -2.41. The average Bonchev–Trinajstić information content (AvgIpc) is 2.53. The molecule has 0 spiro atoms. The summed E-state index contributed by atoms with van der Waals surface area (Å²) in [6.45, 7) is 1.50. The molecule has 0 aliphatic carbocycles. The van der Waals surface area contributed by atoms with E-state index in [4.69, 9.17) is 5.26 Å². The molecule has 1 amide bonds. The molecule has 18 heavy (non-hydrogen) atoms. The fraction of sp³-hybridized carbons (Fsp3) is 0.545. The molecular weight excluding hydrogens is 263 g/mol. The minimum absolute atomic E-state index is 0. The van der Waals surface area contributed by atoms with Crippen LogP contribution < -0.4 is 56.5 Å². The Hall–Kier alpha value is -0.234. The van der Waals surface area contributed by atoms with Gasteiger partial charge in [0.2, 0.25) is 5.91 Å². The summed E-state index contributed by atoms with van der Waals surface area (Å²) in [4.78, 5) is 23.8. The monoisotopic (exact) mass is 274 g/mol. The number of rotatable bonds is 3. The van der Waals surface area contributed by atoms with E-state index in [1.807, 2.05) is 6.07 Å². The molecule has 0 radical (unpaired) electrons. The van der Waals surface area contributed by atoms with Crippen LogP contribution in [0.1, 0.15) is 19.8 Å². The van der Waals surface area contributed by atoms with Crippen LogP contribution in [-0.2, 0) is 9.59 Å². The van der Waals surface area contributed by atoms with Crippen molar-refractivity contribution in [3.05, 3.63) is 11.3 Å². The van der Waals surface area contributed by atoms with E-state index < -0.39 is 23.9 Å². The summed E-state index contributed by atoms with van der Waals surface area (Å²) < 4.78 is 0. The van der Waals surface area contributed by atoms with Crippen molar-refractivity contribution in [3.63, 3.8) is 0 Å². The van der Waals surface area contributed by atoms with E-state index in [0.717, 1.165) is 4.90 Å². The zero-order valence-electron chi connectivity index (χ0n) is 10.2. The van der Waals surface area contributed by atoms with Gasteiger partial charge in [-0.05, 0) is 18.9 Å². The zero-order chi connectivity index (χ0) is 12.7. The Balaban J connectivity index is 0.00000162. The first kappa shape index (κ1) is 15.8. The topological polar surface area (TPSA) is 104 Å². The van der Waals surface area contributed by atoms with Crippen LogP contribution in [0.15, 0.2) is 11.3 Å². The maximum absolute atomic E-state index is 11.7. The fourth-order valence-corrected chi connectivity index (χ4v) is 2.60. The molecule has 90 valence electrons. The van der Waals surface area contributed by atoms with Crippen LogP contribution in [0.5, 0.6) is 0 Å². The van der Waals surface area contributed by atoms with Crippen molar-refractivity contribution in [1.29, 1.82) is 5.26 Å². The van der Waals surface area contributed by atoms with E-state index in [1.165, 1.54) is 6.92 Å². The third-order valence-electron chi connectivity index (χ3n) is 3.31. The molecule has 2 aliphatic heterocycles. The number of nitrogens with zero attached hydrogens (tertiary/aromatic N) is 2. The van der Waals surface area contributed by atoms with Gasteiger partial charge in [-0.15, -0.1) is 0 Å². The molecule has 3 atom stereocenters. The Kier molecular flexibility index (Phi) is 5.11. The molecule has 0 bridgehead atoms. The Morgan fingerprint density at radius 3 is 2.78 bits per heavy atom. The van der Waals surface area contributed by atoms with Crippen LogP contribution in [0.25, 0.3) is 0 Å². The normalized spacial score (nSPS) is 26.9. The molecule has 0 unspecified atom stereocenters. The van der Waals surface area contributed by atoms with Gasteiger partial charge in [-0.2, -0.15) is 5.26 Å². The molecule has 2 aliphatic rings. The first-order chi connectivity index (χ1) is 7.99. The Morgan fingerprint density at radius 2 is 2.33 bits per heavy atom. The van der Waals surface area contributed by atoms with Crippen LogP contribution in [0.2, 0.25) is 0 Å². The van der Waals surface area contributed by atoms with Crippen molar-refractivity contribution in [2.24, 2.45) is 5.92 Å². The minimum atomic E-state index is -1.44. The van der Waals surface area contributed by atoms with Crippen LogP contribution in [0, 0.1) is 17.2 Å². The quantitative estimate of drug-likeness (QED) is 0.413. The number of hydrogen-bond donors (Lipinski definition) is 1. The van der Waals surface area contributed by atoms with Gasteiger partial charge in [0, 0.05) is 0 Å².